The van der Waals surface area contributed by atoms with E-state index in [-0.39, 0.29) is 30.2 Å². The molecule has 0 bridgehead atoms. The standard InChI is InChI=1S/C20H22Cl2N2O2/c1-20(2,3)14-6-4-13(5-7-14)19(26)23-11-10-18(25)24-15-8-9-16(21)17(22)12-15/h4-9,12H,10-11H2,1-3H3,(H,23,26)(H,24,25). The molecule has 4 nitrogen and oxygen atoms in total. The molecule has 0 fully saturated rings. The molecule has 2 aromatic rings. The Hall–Kier alpha value is -2.04. The smallest absolute Gasteiger partial charge is 0.251 e. The van der Waals surface area contributed by atoms with Crippen LogP contribution >= 0.6 is 23.2 Å². The maximum absolute atomic E-state index is 12.2. The SMILES string of the molecule is CC(C)(C)c1ccc(C(=O)NCCC(=O)Nc2ccc(Cl)c(Cl)c2)cc1. The quantitative estimate of drug-likeness (QED) is 0.747. The third-order valence-corrected chi connectivity index (χ3v) is 4.59. The molecule has 0 saturated carbocycles. The molecular weight excluding hydrogens is 371 g/mol. The Morgan fingerprint density at radius 2 is 1.62 bits per heavy atom. The van der Waals surface area contributed by atoms with Gasteiger partial charge in [0.05, 0.1) is 10.0 Å². The van der Waals surface area contributed by atoms with E-state index in [1.165, 1.54) is 0 Å². The summed E-state index contributed by atoms with van der Waals surface area (Å²) in [4.78, 5) is 24.1. The number of rotatable bonds is 5. The van der Waals surface area contributed by atoms with E-state index in [1.807, 2.05) is 12.1 Å². The molecule has 2 aromatic carbocycles. The number of hydrogen-bond acceptors (Lipinski definition) is 2. The van der Waals surface area contributed by atoms with Gasteiger partial charge in [-0.3, -0.25) is 9.59 Å². The van der Waals surface area contributed by atoms with Crippen LogP contribution in [-0.2, 0) is 10.2 Å². The lowest BCUT2D eigenvalue weighted by molar-refractivity contribution is -0.116. The summed E-state index contributed by atoms with van der Waals surface area (Å²) in [7, 11) is 0. The molecule has 0 aliphatic carbocycles. The molecule has 0 atom stereocenters. The Labute approximate surface area is 163 Å². The number of carbonyl (C=O) groups is 2. The molecule has 0 spiro atoms. The van der Waals surface area contributed by atoms with Crippen LogP contribution in [0.15, 0.2) is 42.5 Å². The zero-order chi connectivity index (χ0) is 19.3. The normalized spacial score (nSPS) is 11.1. The zero-order valence-electron chi connectivity index (χ0n) is 15.0. The number of carbonyl (C=O) groups excluding carboxylic acids is 2. The third-order valence-electron chi connectivity index (χ3n) is 3.85. The van der Waals surface area contributed by atoms with Crippen LogP contribution in [0.3, 0.4) is 0 Å². The van der Waals surface area contributed by atoms with Gasteiger partial charge >= 0.3 is 0 Å². The summed E-state index contributed by atoms with van der Waals surface area (Å²) in [6, 6.07) is 12.4. The van der Waals surface area contributed by atoms with Crippen LogP contribution in [-0.4, -0.2) is 18.4 Å². The van der Waals surface area contributed by atoms with E-state index in [2.05, 4.69) is 31.4 Å². The fourth-order valence-electron chi connectivity index (χ4n) is 2.31. The first kappa shape index (κ1) is 20.3. The summed E-state index contributed by atoms with van der Waals surface area (Å²) >= 11 is 11.7. The molecule has 0 aliphatic heterocycles. The molecule has 6 heteroatoms. The van der Waals surface area contributed by atoms with Gasteiger partial charge in [0.15, 0.2) is 0 Å². The van der Waals surface area contributed by atoms with Crippen LogP contribution in [0.1, 0.15) is 43.1 Å². The highest BCUT2D eigenvalue weighted by Gasteiger charge is 2.14. The van der Waals surface area contributed by atoms with E-state index in [4.69, 9.17) is 23.2 Å². The van der Waals surface area contributed by atoms with Crippen LogP contribution in [0.5, 0.6) is 0 Å². The summed E-state index contributed by atoms with van der Waals surface area (Å²) in [5, 5.41) is 6.26. The number of benzene rings is 2. The fourth-order valence-corrected chi connectivity index (χ4v) is 2.61. The van der Waals surface area contributed by atoms with Gasteiger partial charge in [-0.2, -0.15) is 0 Å². The second-order valence-corrected chi connectivity index (χ2v) is 7.82. The molecule has 0 radical (unpaired) electrons. The highest BCUT2D eigenvalue weighted by Crippen LogP contribution is 2.25. The van der Waals surface area contributed by atoms with Gasteiger partial charge in [-0.1, -0.05) is 56.1 Å². The molecule has 0 unspecified atom stereocenters. The zero-order valence-corrected chi connectivity index (χ0v) is 16.5. The van der Waals surface area contributed by atoms with Gasteiger partial charge in [-0.05, 0) is 41.3 Å². The van der Waals surface area contributed by atoms with E-state index < -0.39 is 0 Å². The van der Waals surface area contributed by atoms with Gasteiger partial charge in [0.25, 0.3) is 5.91 Å². The molecule has 0 aromatic heterocycles. The second kappa shape index (κ2) is 8.56. The van der Waals surface area contributed by atoms with E-state index in [1.54, 1.807) is 30.3 Å². The molecular formula is C20H22Cl2N2O2. The van der Waals surface area contributed by atoms with Crippen molar-refractivity contribution in [3.8, 4) is 0 Å². The molecule has 2 rings (SSSR count). The van der Waals surface area contributed by atoms with Crippen molar-refractivity contribution >= 4 is 40.7 Å². The molecule has 138 valence electrons. The number of amides is 2. The minimum absolute atomic E-state index is 0.0393. The van der Waals surface area contributed by atoms with Crippen molar-refractivity contribution in [1.82, 2.24) is 5.32 Å². The number of hydrogen-bond donors (Lipinski definition) is 2. The largest absolute Gasteiger partial charge is 0.352 e. The Kier molecular flexibility index (Phi) is 6.68. The van der Waals surface area contributed by atoms with Crippen LogP contribution in [0, 0.1) is 0 Å². The van der Waals surface area contributed by atoms with Crippen molar-refractivity contribution in [2.45, 2.75) is 32.6 Å². The van der Waals surface area contributed by atoms with E-state index in [0.29, 0.717) is 21.3 Å². The lowest BCUT2D eigenvalue weighted by atomic mass is 9.87. The Bertz CT molecular complexity index is 796. The van der Waals surface area contributed by atoms with Crippen molar-refractivity contribution in [1.29, 1.82) is 0 Å². The highest BCUT2D eigenvalue weighted by atomic mass is 35.5. The van der Waals surface area contributed by atoms with Crippen molar-refractivity contribution < 1.29 is 9.59 Å². The first-order valence-corrected chi connectivity index (χ1v) is 9.06. The lowest BCUT2D eigenvalue weighted by Crippen LogP contribution is -2.27. The van der Waals surface area contributed by atoms with E-state index >= 15 is 0 Å². The Balaban J connectivity index is 1.82. The van der Waals surface area contributed by atoms with E-state index in [0.717, 1.165) is 5.56 Å². The minimum atomic E-state index is -0.216. The van der Waals surface area contributed by atoms with Gasteiger partial charge < -0.3 is 10.6 Å². The van der Waals surface area contributed by atoms with Crippen molar-refractivity contribution in [3.05, 3.63) is 63.6 Å². The van der Waals surface area contributed by atoms with Crippen molar-refractivity contribution in [2.75, 3.05) is 11.9 Å². The summed E-state index contributed by atoms with van der Waals surface area (Å²) in [6.45, 7) is 6.60. The summed E-state index contributed by atoms with van der Waals surface area (Å²) in [5.74, 6) is -0.417. The predicted molar refractivity (Wildman–Crippen MR) is 107 cm³/mol. The van der Waals surface area contributed by atoms with Gasteiger partial charge in [-0.15, -0.1) is 0 Å². The van der Waals surface area contributed by atoms with Gasteiger partial charge in [-0.25, -0.2) is 0 Å². The average Bonchev–Trinajstić information content (AvgIpc) is 2.57. The fraction of sp³-hybridized carbons (Fsp3) is 0.300. The van der Waals surface area contributed by atoms with Gasteiger partial charge in [0, 0.05) is 24.2 Å². The summed E-state index contributed by atoms with van der Waals surface area (Å²) < 4.78 is 0. The minimum Gasteiger partial charge on any atom is -0.352 e. The average molecular weight is 393 g/mol. The van der Waals surface area contributed by atoms with Crippen molar-refractivity contribution in [3.63, 3.8) is 0 Å². The summed E-state index contributed by atoms with van der Waals surface area (Å²) in [6.07, 6.45) is 0.159. The molecule has 0 aliphatic rings. The molecule has 0 heterocycles. The molecule has 2 N–H and O–H groups in total. The molecule has 0 saturated heterocycles. The number of halogens is 2. The summed E-state index contributed by atoms with van der Waals surface area (Å²) in [5.41, 5.74) is 2.34. The maximum Gasteiger partial charge on any atom is 0.251 e. The predicted octanol–water partition coefficient (Wildman–Crippen LogP) is 5.05. The van der Waals surface area contributed by atoms with E-state index in [9.17, 15) is 9.59 Å². The third kappa shape index (κ3) is 5.75. The monoisotopic (exact) mass is 392 g/mol. The van der Waals surface area contributed by atoms with Crippen LogP contribution < -0.4 is 10.6 Å². The van der Waals surface area contributed by atoms with Crippen molar-refractivity contribution in [2.24, 2.45) is 0 Å². The molecule has 26 heavy (non-hydrogen) atoms. The second-order valence-electron chi connectivity index (χ2n) is 7.01. The van der Waals surface area contributed by atoms with Crippen LogP contribution in [0.25, 0.3) is 0 Å². The van der Waals surface area contributed by atoms with Gasteiger partial charge in [0.1, 0.15) is 0 Å². The molecule has 2 amide bonds. The number of nitrogens with one attached hydrogen (secondary N) is 2. The first-order chi connectivity index (χ1) is 12.2. The number of anilines is 1. The maximum atomic E-state index is 12.2. The van der Waals surface area contributed by atoms with Gasteiger partial charge in [0.2, 0.25) is 5.91 Å². The highest BCUT2D eigenvalue weighted by molar-refractivity contribution is 6.42. The Morgan fingerprint density at radius 3 is 2.19 bits per heavy atom. The lowest BCUT2D eigenvalue weighted by Gasteiger charge is -2.19. The van der Waals surface area contributed by atoms with Crippen LogP contribution in [0.2, 0.25) is 10.0 Å². The topological polar surface area (TPSA) is 58.2 Å². The van der Waals surface area contributed by atoms with Crippen LogP contribution in [0.4, 0.5) is 5.69 Å². The first-order valence-electron chi connectivity index (χ1n) is 8.30. The Morgan fingerprint density at radius 1 is 0.962 bits per heavy atom.